The van der Waals surface area contributed by atoms with Gasteiger partial charge in [0.1, 0.15) is 11.6 Å². The molecule has 6 heteroatoms. The summed E-state index contributed by atoms with van der Waals surface area (Å²) < 4.78 is 53.8. The zero-order valence-electron chi connectivity index (χ0n) is 11.2. The lowest BCUT2D eigenvalue weighted by molar-refractivity contribution is 0.505. The fraction of sp³-hybridized carbons (Fsp3) is 0.200. The Morgan fingerprint density at radius 2 is 1.57 bits per heavy atom. The van der Waals surface area contributed by atoms with Crippen LogP contribution in [0.15, 0.2) is 40.1 Å². The summed E-state index contributed by atoms with van der Waals surface area (Å²) in [7, 11) is 0. The molecule has 0 aliphatic carbocycles. The van der Waals surface area contributed by atoms with Crippen LogP contribution in [0.2, 0.25) is 0 Å². The van der Waals surface area contributed by atoms with Gasteiger partial charge < -0.3 is 5.73 Å². The Morgan fingerprint density at radius 3 is 2.10 bits per heavy atom. The molecule has 0 aromatic heterocycles. The molecule has 1 atom stereocenters. The number of nitrogens with two attached hydrogens (primary N) is 1. The fourth-order valence-corrected chi connectivity index (χ4v) is 2.70. The van der Waals surface area contributed by atoms with Crippen molar-refractivity contribution in [3.63, 3.8) is 0 Å². The van der Waals surface area contributed by atoms with E-state index in [0.717, 1.165) is 12.1 Å². The van der Waals surface area contributed by atoms with E-state index in [9.17, 15) is 17.6 Å². The van der Waals surface area contributed by atoms with Crippen molar-refractivity contribution in [3.05, 3.63) is 59.2 Å². The number of hydrogen-bond donors (Lipinski definition) is 1. The minimum absolute atomic E-state index is 0.214. The third-order valence-electron chi connectivity index (χ3n) is 2.73. The molecule has 0 bridgehead atoms. The van der Waals surface area contributed by atoms with Gasteiger partial charge in [-0.05, 0) is 49.2 Å². The molecule has 0 radical (unpaired) electrons. The van der Waals surface area contributed by atoms with Crippen molar-refractivity contribution in [1.29, 1.82) is 0 Å². The first-order chi connectivity index (χ1) is 9.86. The Hall–Kier alpha value is -1.53. The van der Waals surface area contributed by atoms with Gasteiger partial charge >= 0.3 is 0 Å². The van der Waals surface area contributed by atoms with Crippen molar-refractivity contribution < 1.29 is 17.6 Å². The molecular formula is C15H13F4NS. The van der Waals surface area contributed by atoms with E-state index in [1.54, 1.807) is 6.92 Å². The summed E-state index contributed by atoms with van der Waals surface area (Å²) in [6.07, 6.45) is 0.351. The molecule has 0 aliphatic heterocycles. The van der Waals surface area contributed by atoms with Gasteiger partial charge in [0.15, 0.2) is 11.6 Å². The number of halogens is 4. The largest absolute Gasteiger partial charge is 0.328 e. The summed E-state index contributed by atoms with van der Waals surface area (Å²) >= 11 is 0.703. The monoisotopic (exact) mass is 315 g/mol. The minimum atomic E-state index is -1.06. The molecule has 0 saturated carbocycles. The van der Waals surface area contributed by atoms with Crippen molar-refractivity contribution in [3.8, 4) is 0 Å². The zero-order chi connectivity index (χ0) is 15.6. The standard InChI is InChI=1S/C15H13F4NS/c1-8(20)4-9-5-13(18)15(14(19)6-9)21-10-2-3-11(16)12(17)7-10/h2-3,5-8H,4,20H2,1H3. The molecule has 2 aromatic rings. The Morgan fingerprint density at radius 1 is 0.952 bits per heavy atom. The molecule has 0 heterocycles. The first kappa shape index (κ1) is 15.9. The van der Waals surface area contributed by atoms with Crippen molar-refractivity contribution in [2.24, 2.45) is 5.73 Å². The van der Waals surface area contributed by atoms with E-state index in [0.29, 0.717) is 23.7 Å². The summed E-state index contributed by atoms with van der Waals surface area (Å²) in [6, 6.07) is 5.27. The quantitative estimate of drug-likeness (QED) is 0.852. The lowest BCUT2D eigenvalue weighted by atomic mass is 10.1. The van der Waals surface area contributed by atoms with Crippen LogP contribution in [-0.4, -0.2) is 6.04 Å². The second-order valence-electron chi connectivity index (χ2n) is 4.75. The van der Waals surface area contributed by atoms with Gasteiger partial charge in [0, 0.05) is 10.9 Å². The maximum absolute atomic E-state index is 14.0. The van der Waals surface area contributed by atoms with Crippen LogP contribution in [0.1, 0.15) is 12.5 Å². The summed E-state index contributed by atoms with van der Waals surface area (Å²) in [4.78, 5) is -0.0407. The molecule has 1 nitrogen and oxygen atoms in total. The van der Waals surface area contributed by atoms with Gasteiger partial charge in [-0.25, -0.2) is 17.6 Å². The SMILES string of the molecule is CC(N)Cc1cc(F)c(Sc2ccc(F)c(F)c2)c(F)c1. The van der Waals surface area contributed by atoms with Crippen LogP contribution in [0.3, 0.4) is 0 Å². The molecule has 0 aliphatic rings. The highest BCUT2D eigenvalue weighted by atomic mass is 32.2. The van der Waals surface area contributed by atoms with Crippen molar-refractivity contribution >= 4 is 11.8 Å². The van der Waals surface area contributed by atoms with Crippen LogP contribution in [-0.2, 0) is 6.42 Å². The van der Waals surface area contributed by atoms with Gasteiger partial charge in [0.05, 0.1) is 4.90 Å². The Kier molecular flexibility index (Phi) is 4.90. The summed E-state index contributed by atoms with van der Waals surface area (Å²) in [6.45, 7) is 1.74. The summed E-state index contributed by atoms with van der Waals surface area (Å²) in [5, 5.41) is 0. The molecule has 1 unspecified atom stereocenters. The van der Waals surface area contributed by atoms with Crippen molar-refractivity contribution in [1.82, 2.24) is 0 Å². The van der Waals surface area contributed by atoms with Gasteiger partial charge in [0.25, 0.3) is 0 Å². The lowest BCUT2D eigenvalue weighted by Gasteiger charge is -2.10. The molecule has 0 spiro atoms. The molecule has 0 amide bonds. The van der Waals surface area contributed by atoms with E-state index < -0.39 is 23.3 Å². The van der Waals surface area contributed by atoms with Gasteiger partial charge in [0.2, 0.25) is 0 Å². The maximum atomic E-state index is 14.0. The topological polar surface area (TPSA) is 26.0 Å². The fourth-order valence-electron chi connectivity index (χ4n) is 1.86. The van der Waals surface area contributed by atoms with Crippen LogP contribution in [0.4, 0.5) is 17.6 Å². The highest BCUT2D eigenvalue weighted by molar-refractivity contribution is 7.99. The molecule has 2 aromatic carbocycles. The number of rotatable bonds is 4. The van der Waals surface area contributed by atoms with E-state index >= 15 is 0 Å². The molecule has 21 heavy (non-hydrogen) atoms. The van der Waals surface area contributed by atoms with E-state index in [4.69, 9.17) is 5.73 Å². The third-order valence-corrected chi connectivity index (χ3v) is 3.81. The first-order valence-electron chi connectivity index (χ1n) is 6.23. The van der Waals surface area contributed by atoms with Crippen LogP contribution in [0, 0.1) is 23.3 Å². The van der Waals surface area contributed by atoms with Crippen LogP contribution in [0.5, 0.6) is 0 Å². The van der Waals surface area contributed by atoms with Crippen molar-refractivity contribution in [2.75, 3.05) is 0 Å². The summed E-state index contributed by atoms with van der Waals surface area (Å²) in [5.74, 6) is -3.57. The lowest BCUT2D eigenvalue weighted by Crippen LogP contribution is -2.18. The minimum Gasteiger partial charge on any atom is -0.328 e. The molecule has 112 valence electrons. The third kappa shape index (κ3) is 3.98. The average Bonchev–Trinajstić information content (AvgIpc) is 2.37. The second kappa shape index (κ2) is 6.49. The number of benzene rings is 2. The van der Waals surface area contributed by atoms with Crippen LogP contribution < -0.4 is 5.73 Å². The van der Waals surface area contributed by atoms with E-state index in [1.165, 1.54) is 18.2 Å². The second-order valence-corrected chi connectivity index (χ2v) is 5.83. The first-order valence-corrected chi connectivity index (χ1v) is 7.05. The van der Waals surface area contributed by atoms with Crippen LogP contribution >= 0.6 is 11.8 Å². The average molecular weight is 315 g/mol. The molecule has 2 rings (SSSR count). The number of hydrogen-bond acceptors (Lipinski definition) is 2. The normalized spacial score (nSPS) is 12.5. The van der Waals surface area contributed by atoms with Crippen molar-refractivity contribution in [2.45, 2.75) is 29.2 Å². The summed E-state index contributed by atoms with van der Waals surface area (Å²) in [5.41, 5.74) is 6.04. The van der Waals surface area contributed by atoms with E-state index in [-0.39, 0.29) is 15.8 Å². The predicted octanol–water partition coefficient (Wildman–Crippen LogP) is 4.28. The van der Waals surface area contributed by atoms with Crippen LogP contribution in [0.25, 0.3) is 0 Å². The smallest absolute Gasteiger partial charge is 0.159 e. The Balaban J connectivity index is 2.29. The highest BCUT2D eigenvalue weighted by Gasteiger charge is 2.14. The van der Waals surface area contributed by atoms with Gasteiger partial charge in [-0.2, -0.15) is 0 Å². The van der Waals surface area contributed by atoms with Gasteiger partial charge in [-0.3, -0.25) is 0 Å². The highest BCUT2D eigenvalue weighted by Crippen LogP contribution is 2.33. The zero-order valence-corrected chi connectivity index (χ0v) is 12.0. The Labute approximate surface area is 124 Å². The molecular weight excluding hydrogens is 302 g/mol. The van der Waals surface area contributed by atoms with E-state index in [1.807, 2.05) is 0 Å². The Bertz CT molecular complexity index is 635. The molecule has 2 N–H and O–H groups in total. The molecule has 0 saturated heterocycles. The van der Waals surface area contributed by atoms with E-state index in [2.05, 4.69) is 0 Å². The van der Waals surface area contributed by atoms with Gasteiger partial charge in [-0.1, -0.05) is 11.8 Å². The van der Waals surface area contributed by atoms with Gasteiger partial charge in [-0.15, -0.1) is 0 Å². The predicted molar refractivity (Wildman–Crippen MR) is 74.2 cm³/mol. The molecule has 0 fully saturated rings. The maximum Gasteiger partial charge on any atom is 0.159 e.